The fraction of sp³-hybridized carbons (Fsp3) is 0.464. The van der Waals surface area contributed by atoms with Gasteiger partial charge < -0.3 is 20.2 Å². The third-order valence-electron chi connectivity index (χ3n) is 7.26. The van der Waals surface area contributed by atoms with Crippen LogP contribution in [0.4, 0.5) is 27.5 Å². The molecule has 0 spiro atoms. The standard InChI is InChI=1S/C28H37FN10O/c1-36-8-10-38(11-9-36)21-22-2-4-23(5-3-22)33-24-6-7-30-25(18-24)19-32-35-28-31-20-26(29)27(34-28)39-14-12-37(13-15-39)16-17-40/h2-7,18,20,40H,8-17,19,21H2,1H3,(H,30,33). The molecule has 2 aromatic heterocycles. The number of likely N-dealkylation sites (N-methyl/N-ethyl adjacent to an activating group) is 1. The van der Waals surface area contributed by atoms with Gasteiger partial charge in [0, 0.05) is 83.0 Å². The highest BCUT2D eigenvalue weighted by Gasteiger charge is 2.21. The number of anilines is 3. The molecule has 2 aliphatic rings. The first-order valence-electron chi connectivity index (χ1n) is 13.8. The number of hydrogen-bond acceptors (Lipinski definition) is 11. The summed E-state index contributed by atoms with van der Waals surface area (Å²) < 4.78 is 14.4. The summed E-state index contributed by atoms with van der Waals surface area (Å²) in [6.07, 6.45) is 2.87. The molecule has 5 rings (SSSR count). The molecule has 11 nitrogen and oxygen atoms in total. The number of hydrogen-bond donors (Lipinski definition) is 2. The molecule has 0 amide bonds. The Morgan fingerprint density at radius 1 is 0.925 bits per heavy atom. The molecule has 12 heteroatoms. The van der Waals surface area contributed by atoms with E-state index >= 15 is 0 Å². The lowest BCUT2D eigenvalue weighted by Crippen LogP contribution is -2.47. The Kier molecular flexibility index (Phi) is 9.55. The second kappa shape index (κ2) is 13.7. The Morgan fingerprint density at radius 2 is 1.68 bits per heavy atom. The molecule has 2 N–H and O–H groups in total. The lowest BCUT2D eigenvalue weighted by molar-refractivity contribution is 0.148. The number of azo groups is 1. The third kappa shape index (κ3) is 7.75. The van der Waals surface area contributed by atoms with Crippen LogP contribution >= 0.6 is 0 Å². The molecule has 2 aliphatic heterocycles. The van der Waals surface area contributed by atoms with E-state index in [2.05, 4.69) is 76.5 Å². The van der Waals surface area contributed by atoms with Gasteiger partial charge >= 0.3 is 0 Å². The Bertz CT molecular complexity index is 1260. The average Bonchev–Trinajstić information content (AvgIpc) is 2.97. The number of β-amino-alcohol motifs (C(OH)–C–C–N with tert-alkyl or cyclic N) is 1. The molecule has 4 heterocycles. The Hall–Kier alpha value is -3.58. The van der Waals surface area contributed by atoms with Gasteiger partial charge in [0.15, 0.2) is 11.6 Å². The maximum absolute atomic E-state index is 14.4. The smallest absolute Gasteiger partial charge is 0.270 e. The van der Waals surface area contributed by atoms with Crippen molar-refractivity contribution >= 4 is 23.1 Å². The molecule has 2 saturated heterocycles. The van der Waals surface area contributed by atoms with Crippen LogP contribution in [0.1, 0.15) is 11.3 Å². The van der Waals surface area contributed by atoms with Crippen LogP contribution in [0.15, 0.2) is 59.0 Å². The molecule has 212 valence electrons. The van der Waals surface area contributed by atoms with Crippen molar-refractivity contribution in [1.29, 1.82) is 0 Å². The molecule has 3 aromatic rings. The Balaban J connectivity index is 1.14. The Morgan fingerprint density at radius 3 is 2.42 bits per heavy atom. The van der Waals surface area contributed by atoms with Crippen LogP contribution < -0.4 is 10.2 Å². The molecular weight excluding hydrogens is 511 g/mol. The first-order chi connectivity index (χ1) is 19.6. The number of aliphatic hydroxyl groups is 1. The number of aliphatic hydroxyl groups excluding tert-OH is 1. The third-order valence-corrected chi connectivity index (χ3v) is 7.26. The summed E-state index contributed by atoms with van der Waals surface area (Å²) >= 11 is 0. The lowest BCUT2D eigenvalue weighted by Gasteiger charge is -2.35. The van der Waals surface area contributed by atoms with E-state index in [1.54, 1.807) is 6.20 Å². The van der Waals surface area contributed by atoms with E-state index < -0.39 is 5.82 Å². The zero-order valence-electron chi connectivity index (χ0n) is 23.0. The minimum absolute atomic E-state index is 0.111. The molecule has 1 aromatic carbocycles. The summed E-state index contributed by atoms with van der Waals surface area (Å²) in [5.74, 6) is -0.144. The molecular formula is C28H37FN10O. The van der Waals surface area contributed by atoms with Crippen molar-refractivity contribution in [1.82, 2.24) is 29.7 Å². The van der Waals surface area contributed by atoms with Gasteiger partial charge in [0.05, 0.1) is 18.5 Å². The quantitative estimate of drug-likeness (QED) is 0.370. The summed E-state index contributed by atoms with van der Waals surface area (Å²) in [7, 11) is 2.17. The number of piperazine rings is 2. The van der Waals surface area contributed by atoms with Crippen LogP contribution in [0, 0.1) is 5.82 Å². The van der Waals surface area contributed by atoms with Crippen molar-refractivity contribution in [3.8, 4) is 0 Å². The van der Waals surface area contributed by atoms with Gasteiger partial charge in [0.25, 0.3) is 5.95 Å². The minimum atomic E-state index is -0.484. The van der Waals surface area contributed by atoms with Crippen LogP contribution in [-0.2, 0) is 13.1 Å². The normalized spacial score (nSPS) is 17.5. The average molecular weight is 549 g/mol. The number of rotatable bonds is 10. The van der Waals surface area contributed by atoms with E-state index in [0.717, 1.165) is 69.1 Å². The van der Waals surface area contributed by atoms with E-state index in [0.29, 0.717) is 19.6 Å². The van der Waals surface area contributed by atoms with Gasteiger partial charge in [0.1, 0.15) is 6.54 Å². The van der Waals surface area contributed by atoms with Gasteiger partial charge in [-0.25, -0.2) is 9.37 Å². The van der Waals surface area contributed by atoms with E-state index in [1.807, 2.05) is 17.0 Å². The summed E-state index contributed by atoms with van der Waals surface area (Å²) in [6.45, 7) is 9.09. The van der Waals surface area contributed by atoms with Gasteiger partial charge in [-0.1, -0.05) is 12.1 Å². The topological polar surface area (TPSA) is 109 Å². The van der Waals surface area contributed by atoms with Crippen molar-refractivity contribution in [3.05, 3.63) is 65.9 Å². The van der Waals surface area contributed by atoms with Crippen molar-refractivity contribution in [2.45, 2.75) is 13.1 Å². The monoisotopic (exact) mass is 548 g/mol. The summed E-state index contributed by atoms with van der Waals surface area (Å²) in [6, 6.07) is 12.4. The Labute approximate surface area is 234 Å². The number of nitrogens with zero attached hydrogens (tertiary/aromatic N) is 9. The van der Waals surface area contributed by atoms with Crippen molar-refractivity contribution in [2.75, 3.05) is 82.8 Å². The molecule has 40 heavy (non-hydrogen) atoms. The second-order valence-electron chi connectivity index (χ2n) is 10.2. The molecule has 0 atom stereocenters. The predicted octanol–water partition coefficient (Wildman–Crippen LogP) is 2.90. The zero-order chi connectivity index (χ0) is 27.7. The zero-order valence-corrected chi connectivity index (χ0v) is 23.0. The van der Waals surface area contributed by atoms with Crippen molar-refractivity contribution in [3.63, 3.8) is 0 Å². The van der Waals surface area contributed by atoms with Gasteiger partial charge in [-0.05, 0) is 36.9 Å². The van der Waals surface area contributed by atoms with Gasteiger partial charge in [-0.3, -0.25) is 14.8 Å². The number of benzene rings is 1. The van der Waals surface area contributed by atoms with E-state index in [-0.39, 0.29) is 24.9 Å². The SMILES string of the molecule is CN1CCN(Cc2ccc(Nc3ccnc(CN=Nc4ncc(F)c(N5CCN(CCO)CC5)n4)c3)cc2)CC1. The minimum Gasteiger partial charge on any atom is -0.395 e. The highest BCUT2D eigenvalue weighted by molar-refractivity contribution is 5.59. The van der Waals surface area contributed by atoms with Crippen LogP contribution in [0.25, 0.3) is 0 Å². The number of aromatic nitrogens is 3. The predicted molar refractivity (Wildman–Crippen MR) is 153 cm³/mol. The molecule has 2 fully saturated rings. The fourth-order valence-electron chi connectivity index (χ4n) is 4.88. The summed E-state index contributed by atoms with van der Waals surface area (Å²) in [4.78, 5) is 21.5. The maximum atomic E-state index is 14.4. The van der Waals surface area contributed by atoms with E-state index in [1.165, 1.54) is 5.56 Å². The van der Waals surface area contributed by atoms with Crippen LogP contribution in [0.2, 0.25) is 0 Å². The summed E-state index contributed by atoms with van der Waals surface area (Å²) in [5.41, 5.74) is 3.96. The number of nitrogens with one attached hydrogen (secondary N) is 1. The highest BCUT2D eigenvalue weighted by atomic mass is 19.1. The van der Waals surface area contributed by atoms with Crippen LogP contribution in [-0.4, -0.2) is 107 Å². The van der Waals surface area contributed by atoms with Crippen LogP contribution in [0.5, 0.6) is 0 Å². The van der Waals surface area contributed by atoms with E-state index in [9.17, 15) is 4.39 Å². The number of halogens is 1. The molecule has 0 bridgehead atoms. The first-order valence-corrected chi connectivity index (χ1v) is 13.8. The van der Waals surface area contributed by atoms with Crippen molar-refractivity contribution < 1.29 is 9.50 Å². The molecule has 0 saturated carbocycles. The first kappa shape index (κ1) is 28.0. The molecule has 0 radical (unpaired) electrons. The highest BCUT2D eigenvalue weighted by Crippen LogP contribution is 2.22. The van der Waals surface area contributed by atoms with E-state index in [4.69, 9.17) is 5.11 Å². The van der Waals surface area contributed by atoms with Crippen LogP contribution in [0.3, 0.4) is 0 Å². The lowest BCUT2D eigenvalue weighted by atomic mass is 10.1. The largest absolute Gasteiger partial charge is 0.395 e. The van der Waals surface area contributed by atoms with Gasteiger partial charge in [-0.15, -0.1) is 5.11 Å². The maximum Gasteiger partial charge on any atom is 0.270 e. The summed E-state index contributed by atoms with van der Waals surface area (Å²) in [5, 5.41) is 20.9. The van der Waals surface area contributed by atoms with Gasteiger partial charge in [0.2, 0.25) is 0 Å². The molecule has 0 aliphatic carbocycles. The fourth-order valence-corrected chi connectivity index (χ4v) is 4.88. The molecule has 0 unspecified atom stereocenters. The number of pyridine rings is 1. The van der Waals surface area contributed by atoms with Gasteiger partial charge in [-0.2, -0.15) is 10.1 Å². The van der Waals surface area contributed by atoms with Crippen molar-refractivity contribution in [2.24, 2.45) is 10.2 Å². The second-order valence-corrected chi connectivity index (χ2v) is 10.2.